The maximum atomic E-state index is 5.62. The number of nitrogens with zero attached hydrogens (tertiary/aromatic N) is 1. The van der Waals surface area contributed by atoms with Gasteiger partial charge >= 0.3 is 0 Å². The summed E-state index contributed by atoms with van der Waals surface area (Å²) in [4.78, 5) is 2.46. The molecule has 0 bridgehead atoms. The monoisotopic (exact) mass is 308 g/mol. The number of piperazine rings is 1. The number of fused-ring (bicyclic) bond motifs is 1. The Morgan fingerprint density at radius 2 is 1.82 bits per heavy atom. The second-order valence-electron chi connectivity index (χ2n) is 5.65. The van der Waals surface area contributed by atoms with Crippen LogP contribution < -0.4 is 19.5 Å². The van der Waals surface area contributed by atoms with E-state index < -0.39 is 0 Å². The highest BCUT2D eigenvalue weighted by Crippen LogP contribution is 2.35. The summed E-state index contributed by atoms with van der Waals surface area (Å²) in [7, 11) is 4.97. The molecule has 2 heterocycles. The number of ether oxygens (including phenoxy) is 4. The molecular formula is C16H24N2O4. The summed E-state index contributed by atoms with van der Waals surface area (Å²) in [5.41, 5.74) is 1.10. The largest absolute Gasteiger partial charge is 0.496 e. The van der Waals surface area contributed by atoms with Crippen molar-refractivity contribution in [2.75, 3.05) is 47.6 Å². The van der Waals surface area contributed by atoms with Crippen molar-refractivity contribution in [2.24, 2.45) is 0 Å². The lowest BCUT2D eigenvalue weighted by Crippen LogP contribution is -2.56. The zero-order valence-electron chi connectivity index (χ0n) is 13.4. The molecule has 22 heavy (non-hydrogen) atoms. The highest BCUT2D eigenvalue weighted by atomic mass is 16.5. The Labute approximate surface area is 131 Å². The Kier molecular flexibility index (Phi) is 4.71. The third-order valence-corrected chi connectivity index (χ3v) is 4.49. The highest BCUT2D eigenvalue weighted by Gasteiger charge is 2.36. The third kappa shape index (κ3) is 2.86. The van der Waals surface area contributed by atoms with Gasteiger partial charge in [-0.05, 0) is 6.07 Å². The van der Waals surface area contributed by atoms with Gasteiger partial charge in [-0.1, -0.05) is 0 Å². The van der Waals surface area contributed by atoms with Gasteiger partial charge in [-0.15, -0.1) is 0 Å². The molecule has 0 unspecified atom stereocenters. The van der Waals surface area contributed by atoms with Crippen LogP contribution in [0.1, 0.15) is 5.56 Å². The average Bonchev–Trinajstić information content (AvgIpc) is 3.04. The fraction of sp³-hybridized carbons (Fsp3) is 0.625. The summed E-state index contributed by atoms with van der Waals surface area (Å²) in [6.45, 7) is 4.38. The summed E-state index contributed by atoms with van der Waals surface area (Å²) in [6.07, 6.45) is 0. The van der Waals surface area contributed by atoms with Crippen LogP contribution in [0.15, 0.2) is 12.1 Å². The van der Waals surface area contributed by atoms with Crippen LogP contribution >= 0.6 is 0 Å². The number of rotatable bonds is 5. The molecule has 0 radical (unpaired) electrons. The molecule has 2 atom stereocenters. The average molecular weight is 308 g/mol. The summed E-state index contributed by atoms with van der Waals surface area (Å²) in [5, 5.41) is 3.52. The number of hydrogen-bond donors (Lipinski definition) is 1. The van der Waals surface area contributed by atoms with E-state index in [-0.39, 0.29) is 0 Å². The molecule has 2 aliphatic rings. The van der Waals surface area contributed by atoms with E-state index in [9.17, 15) is 0 Å². The van der Waals surface area contributed by atoms with Gasteiger partial charge in [0.15, 0.2) is 11.5 Å². The molecule has 6 heteroatoms. The van der Waals surface area contributed by atoms with Crippen LogP contribution in [0.25, 0.3) is 0 Å². The van der Waals surface area contributed by atoms with Crippen LogP contribution in [-0.4, -0.2) is 64.6 Å². The van der Waals surface area contributed by atoms with Gasteiger partial charge in [-0.25, -0.2) is 0 Å². The Morgan fingerprint density at radius 3 is 2.55 bits per heavy atom. The number of benzene rings is 1. The van der Waals surface area contributed by atoms with E-state index >= 15 is 0 Å². The van der Waals surface area contributed by atoms with Crippen molar-refractivity contribution in [3.05, 3.63) is 17.7 Å². The normalized spacial score (nSPS) is 24.9. The van der Waals surface area contributed by atoms with Gasteiger partial charge < -0.3 is 24.3 Å². The van der Waals surface area contributed by atoms with Crippen LogP contribution in [0, 0.1) is 0 Å². The summed E-state index contributed by atoms with van der Waals surface area (Å²) in [6, 6.07) is 4.75. The maximum Gasteiger partial charge on any atom is 0.164 e. The van der Waals surface area contributed by atoms with Crippen molar-refractivity contribution in [3.8, 4) is 17.2 Å². The van der Waals surface area contributed by atoms with Gasteiger partial charge in [-0.2, -0.15) is 0 Å². The molecule has 3 rings (SSSR count). The predicted molar refractivity (Wildman–Crippen MR) is 82.9 cm³/mol. The summed E-state index contributed by atoms with van der Waals surface area (Å²) in [5.74, 6) is 2.24. The number of hydrogen-bond acceptors (Lipinski definition) is 6. The molecule has 0 aliphatic carbocycles. The van der Waals surface area contributed by atoms with Gasteiger partial charge in [0.2, 0.25) is 0 Å². The number of methoxy groups -OCH3 is 3. The zero-order chi connectivity index (χ0) is 15.5. The highest BCUT2D eigenvalue weighted by molar-refractivity contribution is 5.50. The van der Waals surface area contributed by atoms with Crippen LogP contribution in [0.3, 0.4) is 0 Å². The maximum absolute atomic E-state index is 5.62. The lowest BCUT2D eigenvalue weighted by Gasteiger charge is -2.37. The van der Waals surface area contributed by atoms with Crippen molar-refractivity contribution in [1.82, 2.24) is 10.2 Å². The van der Waals surface area contributed by atoms with Crippen LogP contribution in [0.2, 0.25) is 0 Å². The van der Waals surface area contributed by atoms with E-state index in [1.54, 1.807) is 21.3 Å². The molecule has 2 saturated heterocycles. The van der Waals surface area contributed by atoms with Crippen LogP contribution in [0.5, 0.6) is 17.2 Å². The molecule has 1 aromatic carbocycles. The Bertz CT molecular complexity index is 523. The van der Waals surface area contributed by atoms with Gasteiger partial charge in [0.05, 0.1) is 40.6 Å². The molecule has 122 valence electrons. The molecule has 2 fully saturated rings. The topological polar surface area (TPSA) is 52.2 Å². The SMILES string of the molecule is COc1cc(OC)c(OC)cc1CN1CCN[C@H]2COC[C@H]21. The van der Waals surface area contributed by atoms with Gasteiger partial charge in [-0.3, -0.25) is 4.90 Å². The number of nitrogens with one attached hydrogen (secondary N) is 1. The first-order valence-corrected chi connectivity index (χ1v) is 7.61. The van der Waals surface area contributed by atoms with E-state index in [0.29, 0.717) is 17.8 Å². The van der Waals surface area contributed by atoms with Crippen molar-refractivity contribution >= 4 is 0 Å². The van der Waals surface area contributed by atoms with E-state index in [1.807, 2.05) is 12.1 Å². The second-order valence-corrected chi connectivity index (χ2v) is 5.65. The lowest BCUT2D eigenvalue weighted by atomic mass is 10.1. The summed E-state index contributed by atoms with van der Waals surface area (Å²) >= 11 is 0. The Hall–Kier alpha value is -1.50. The molecule has 0 amide bonds. The van der Waals surface area contributed by atoms with Crippen LogP contribution in [0.4, 0.5) is 0 Å². The first kappa shape index (κ1) is 15.4. The van der Waals surface area contributed by atoms with Crippen LogP contribution in [-0.2, 0) is 11.3 Å². The van der Waals surface area contributed by atoms with Crippen molar-refractivity contribution in [3.63, 3.8) is 0 Å². The fourth-order valence-corrected chi connectivity index (χ4v) is 3.29. The Balaban J connectivity index is 1.84. The van der Waals surface area contributed by atoms with E-state index in [2.05, 4.69) is 10.2 Å². The van der Waals surface area contributed by atoms with E-state index in [0.717, 1.165) is 49.9 Å². The smallest absolute Gasteiger partial charge is 0.164 e. The Morgan fingerprint density at radius 1 is 1.09 bits per heavy atom. The van der Waals surface area contributed by atoms with E-state index in [4.69, 9.17) is 18.9 Å². The molecule has 0 spiro atoms. The molecule has 2 aliphatic heterocycles. The lowest BCUT2D eigenvalue weighted by molar-refractivity contribution is 0.121. The van der Waals surface area contributed by atoms with Gasteiger partial charge in [0.1, 0.15) is 5.75 Å². The molecular weight excluding hydrogens is 284 g/mol. The predicted octanol–water partition coefficient (Wildman–Crippen LogP) is 0.885. The molecule has 6 nitrogen and oxygen atoms in total. The first-order chi connectivity index (χ1) is 10.8. The molecule has 1 aromatic rings. The molecule has 1 N–H and O–H groups in total. The van der Waals surface area contributed by atoms with Gasteiger partial charge in [0, 0.05) is 37.3 Å². The first-order valence-electron chi connectivity index (χ1n) is 7.61. The molecule has 0 aromatic heterocycles. The third-order valence-electron chi connectivity index (χ3n) is 4.49. The van der Waals surface area contributed by atoms with E-state index in [1.165, 1.54) is 0 Å². The minimum absolute atomic E-state index is 0.423. The van der Waals surface area contributed by atoms with Crippen molar-refractivity contribution < 1.29 is 18.9 Å². The summed E-state index contributed by atoms with van der Waals surface area (Å²) < 4.78 is 21.9. The quantitative estimate of drug-likeness (QED) is 0.872. The zero-order valence-corrected chi connectivity index (χ0v) is 13.4. The molecule has 0 saturated carbocycles. The van der Waals surface area contributed by atoms with Crippen molar-refractivity contribution in [1.29, 1.82) is 0 Å². The minimum atomic E-state index is 0.423. The fourth-order valence-electron chi connectivity index (χ4n) is 3.29. The standard InChI is InChI=1S/C16H24N2O4/c1-19-14-7-16(21-3)15(20-2)6-11(14)8-18-5-4-17-12-9-22-10-13(12)18/h6-7,12-13,17H,4-5,8-10H2,1-3H3/t12-,13+/m0/s1. The van der Waals surface area contributed by atoms with Crippen molar-refractivity contribution in [2.45, 2.75) is 18.6 Å². The van der Waals surface area contributed by atoms with Gasteiger partial charge in [0.25, 0.3) is 0 Å². The second kappa shape index (κ2) is 6.73. The minimum Gasteiger partial charge on any atom is -0.496 e.